The summed E-state index contributed by atoms with van der Waals surface area (Å²) in [5.41, 5.74) is 1.81. The fourth-order valence-electron chi connectivity index (χ4n) is 4.27. The topological polar surface area (TPSA) is 92.2 Å². The van der Waals surface area contributed by atoms with Gasteiger partial charge >= 0.3 is 5.69 Å². The molecule has 1 aliphatic heterocycles. The highest BCUT2D eigenvalue weighted by atomic mass is 35.5. The van der Waals surface area contributed by atoms with Gasteiger partial charge in [-0.25, -0.2) is 17.8 Å². The van der Waals surface area contributed by atoms with E-state index < -0.39 is 21.3 Å². The molecule has 33 heavy (non-hydrogen) atoms. The quantitative estimate of drug-likeness (QED) is 0.482. The fourth-order valence-corrected chi connectivity index (χ4v) is 6.04. The van der Waals surface area contributed by atoms with Gasteiger partial charge in [0.1, 0.15) is 0 Å². The molecule has 0 aliphatic carbocycles. The van der Waals surface area contributed by atoms with Crippen LogP contribution in [0.1, 0.15) is 17.5 Å². The van der Waals surface area contributed by atoms with E-state index in [2.05, 4.69) is 4.98 Å². The van der Waals surface area contributed by atoms with Crippen LogP contribution in [0.5, 0.6) is 0 Å². The van der Waals surface area contributed by atoms with Crippen molar-refractivity contribution in [3.8, 4) is 5.69 Å². The number of para-hydroxylation sites is 1. The Morgan fingerprint density at radius 1 is 0.970 bits per heavy atom. The number of H-pyrrole nitrogens is 1. The monoisotopic (exact) mass is 481 g/mol. The first-order valence-electron chi connectivity index (χ1n) is 10.4. The zero-order valence-electron chi connectivity index (χ0n) is 17.7. The van der Waals surface area contributed by atoms with Crippen molar-refractivity contribution in [2.24, 2.45) is 0 Å². The molecule has 0 amide bonds. The van der Waals surface area contributed by atoms with Crippen LogP contribution < -0.4 is 15.6 Å². The van der Waals surface area contributed by atoms with Gasteiger partial charge in [0.15, 0.2) is 0 Å². The second-order valence-electron chi connectivity index (χ2n) is 8.04. The number of fused-ring (bicyclic) bond motifs is 2. The second-order valence-corrected chi connectivity index (χ2v) is 10.3. The summed E-state index contributed by atoms with van der Waals surface area (Å²) in [6.07, 6.45) is 1.50. The van der Waals surface area contributed by atoms with E-state index in [1.807, 2.05) is 25.1 Å². The number of aromatic amines is 1. The summed E-state index contributed by atoms with van der Waals surface area (Å²) in [6, 6.07) is 16.4. The number of hydrogen-bond acceptors (Lipinski definition) is 4. The maximum absolute atomic E-state index is 13.6. The molecule has 2 heterocycles. The standard InChI is InChI=1S/C24H20ClN3O4S/c1-15-8-11-21-16(13-15)5-4-12-27(21)33(31,32)17-9-10-19(25)22(14-17)28-23(29)18-6-2-3-7-20(18)26-24(28)30/h2-3,6-11,13-14H,4-5,12H2,1H3,(H,26,30). The molecule has 4 aromatic rings. The molecule has 0 saturated heterocycles. The average Bonchev–Trinajstić information content (AvgIpc) is 2.79. The molecule has 3 aromatic carbocycles. The molecule has 0 unspecified atom stereocenters. The van der Waals surface area contributed by atoms with Gasteiger partial charge in [0.25, 0.3) is 15.6 Å². The normalized spacial score (nSPS) is 13.8. The van der Waals surface area contributed by atoms with Crippen molar-refractivity contribution in [2.75, 3.05) is 10.8 Å². The highest BCUT2D eigenvalue weighted by Gasteiger charge is 2.30. The number of aromatic nitrogens is 2. The van der Waals surface area contributed by atoms with E-state index in [-0.39, 0.29) is 15.6 Å². The Morgan fingerprint density at radius 2 is 1.76 bits per heavy atom. The minimum Gasteiger partial charge on any atom is -0.306 e. The zero-order valence-corrected chi connectivity index (χ0v) is 19.3. The van der Waals surface area contributed by atoms with Gasteiger partial charge in [0.2, 0.25) is 0 Å². The molecule has 0 atom stereocenters. The summed E-state index contributed by atoms with van der Waals surface area (Å²) in [4.78, 5) is 28.4. The molecule has 0 fully saturated rings. The molecule has 7 nitrogen and oxygen atoms in total. The van der Waals surface area contributed by atoms with Crippen molar-refractivity contribution in [3.05, 3.63) is 97.7 Å². The maximum Gasteiger partial charge on any atom is 0.333 e. The lowest BCUT2D eigenvalue weighted by atomic mass is 10.0. The summed E-state index contributed by atoms with van der Waals surface area (Å²) in [7, 11) is -3.96. The lowest BCUT2D eigenvalue weighted by molar-refractivity contribution is 0.586. The number of anilines is 1. The number of hydrogen-bond donors (Lipinski definition) is 1. The predicted molar refractivity (Wildman–Crippen MR) is 129 cm³/mol. The molecule has 0 saturated carbocycles. The van der Waals surface area contributed by atoms with Crippen molar-refractivity contribution in [3.63, 3.8) is 0 Å². The Labute approximate surface area is 194 Å². The Balaban J connectivity index is 1.68. The van der Waals surface area contributed by atoms with Gasteiger partial charge in [-0.1, -0.05) is 41.4 Å². The molecule has 1 N–H and O–H groups in total. The number of benzene rings is 3. The number of nitrogens with zero attached hydrogens (tertiary/aromatic N) is 2. The summed E-state index contributed by atoms with van der Waals surface area (Å²) in [5.74, 6) is 0. The minimum atomic E-state index is -3.96. The smallest absolute Gasteiger partial charge is 0.306 e. The molecule has 168 valence electrons. The molecule has 1 aliphatic rings. The van der Waals surface area contributed by atoms with E-state index in [0.717, 1.165) is 22.1 Å². The van der Waals surface area contributed by atoms with Gasteiger partial charge in [0, 0.05) is 6.54 Å². The van der Waals surface area contributed by atoms with Crippen molar-refractivity contribution in [2.45, 2.75) is 24.7 Å². The summed E-state index contributed by atoms with van der Waals surface area (Å²) in [6.45, 7) is 2.31. The first kappa shape index (κ1) is 21.5. The zero-order chi connectivity index (χ0) is 23.3. The molecule has 0 bridgehead atoms. The van der Waals surface area contributed by atoms with Crippen molar-refractivity contribution < 1.29 is 8.42 Å². The van der Waals surface area contributed by atoms with Crippen LogP contribution in [-0.4, -0.2) is 24.5 Å². The van der Waals surface area contributed by atoms with Crippen LogP contribution in [0.3, 0.4) is 0 Å². The van der Waals surface area contributed by atoms with Gasteiger partial charge in [-0.3, -0.25) is 9.10 Å². The SMILES string of the molecule is Cc1ccc2c(c1)CCCN2S(=O)(=O)c1ccc(Cl)c(-n2c(=O)[nH]c3ccccc3c2=O)c1. The van der Waals surface area contributed by atoms with Crippen LogP contribution in [0.4, 0.5) is 5.69 Å². The first-order chi connectivity index (χ1) is 15.8. The van der Waals surface area contributed by atoms with E-state index in [1.165, 1.54) is 22.5 Å². The van der Waals surface area contributed by atoms with Crippen LogP contribution in [0.15, 0.2) is 75.1 Å². The largest absolute Gasteiger partial charge is 0.333 e. The van der Waals surface area contributed by atoms with Crippen LogP contribution in [0.25, 0.3) is 16.6 Å². The number of rotatable bonds is 3. The highest BCUT2D eigenvalue weighted by molar-refractivity contribution is 7.92. The van der Waals surface area contributed by atoms with Crippen molar-refractivity contribution >= 4 is 38.2 Å². The predicted octanol–water partition coefficient (Wildman–Crippen LogP) is 3.78. The van der Waals surface area contributed by atoms with E-state index in [4.69, 9.17) is 11.6 Å². The van der Waals surface area contributed by atoms with Gasteiger partial charge in [-0.2, -0.15) is 0 Å². The molecule has 0 spiro atoms. The first-order valence-corrected chi connectivity index (χ1v) is 12.3. The Kier molecular flexibility index (Phi) is 5.14. The Bertz CT molecular complexity index is 1640. The van der Waals surface area contributed by atoms with E-state index in [9.17, 15) is 18.0 Å². The van der Waals surface area contributed by atoms with Gasteiger partial charge in [-0.15, -0.1) is 0 Å². The Hall–Kier alpha value is -3.36. The summed E-state index contributed by atoms with van der Waals surface area (Å²) < 4.78 is 29.5. The molecular formula is C24H20ClN3O4S. The molecule has 1 aromatic heterocycles. The number of nitrogens with one attached hydrogen (secondary N) is 1. The van der Waals surface area contributed by atoms with Gasteiger partial charge in [-0.05, 0) is 61.7 Å². The van der Waals surface area contributed by atoms with Crippen LogP contribution >= 0.6 is 11.6 Å². The van der Waals surface area contributed by atoms with Crippen LogP contribution in [0.2, 0.25) is 5.02 Å². The fraction of sp³-hybridized carbons (Fsp3) is 0.167. The van der Waals surface area contributed by atoms with Crippen molar-refractivity contribution in [1.82, 2.24) is 9.55 Å². The molecular weight excluding hydrogens is 462 g/mol. The van der Waals surface area contributed by atoms with E-state index >= 15 is 0 Å². The number of sulfonamides is 1. The molecule has 0 radical (unpaired) electrons. The molecule has 5 rings (SSSR count). The third-order valence-corrected chi connectivity index (χ3v) is 7.99. The summed E-state index contributed by atoms with van der Waals surface area (Å²) in [5, 5.41) is 0.383. The van der Waals surface area contributed by atoms with Gasteiger partial charge < -0.3 is 4.98 Å². The lowest BCUT2D eigenvalue weighted by Crippen LogP contribution is -2.36. The summed E-state index contributed by atoms with van der Waals surface area (Å²) >= 11 is 6.34. The average molecular weight is 482 g/mol. The number of aryl methyl sites for hydroxylation is 2. The van der Waals surface area contributed by atoms with E-state index in [1.54, 1.807) is 24.3 Å². The van der Waals surface area contributed by atoms with Crippen molar-refractivity contribution in [1.29, 1.82) is 0 Å². The maximum atomic E-state index is 13.6. The number of halogens is 1. The lowest BCUT2D eigenvalue weighted by Gasteiger charge is -2.31. The van der Waals surface area contributed by atoms with Crippen LogP contribution in [0, 0.1) is 6.92 Å². The molecule has 9 heteroatoms. The minimum absolute atomic E-state index is 0.0101. The third-order valence-electron chi connectivity index (χ3n) is 5.86. The van der Waals surface area contributed by atoms with Gasteiger partial charge in [0.05, 0.1) is 32.2 Å². The third kappa shape index (κ3) is 3.55. The van der Waals surface area contributed by atoms with Crippen LogP contribution in [-0.2, 0) is 16.4 Å². The highest BCUT2D eigenvalue weighted by Crippen LogP contribution is 2.34. The second kappa shape index (κ2) is 7.90. The van der Waals surface area contributed by atoms with E-state index in [0.29, 0.717) is 29.6 Å². The Morgan fingerprint density at radius 3 is 2.58 bits per heavy atom.